The summed E-state index contributed by atoms with van der Waals surface area (Å²) in [5.41, 5.74) is 7.75. The monoisotopic (exact) mass is 559 g/mol. The molecule has 2 heterocycles. The van der Waals surface area contributed by atoms with Gasteiger partial charge in [-0.2, -0.15) is 9.97 Å². The molecule has 6 aromatic carbocycles. The molecule has 8 aromatic rings. The lowest BCUT2D eigenvalue weighted by atomic mass is 9.94. The number of furan rings is 1. The van der Waals surface area contributed by atoms with Gasteiger partial charge in [-0.25, -0.2) is 4.98 Å². The molecule has 0 saturated carbocycles. The Morgan fingerprint density at radius 1 is 0.452 bits per heavy atom. The average molecular weight is 560 g/mol. The van der Waals surface area contributed by atoms with E-state index in [9.17, 15) is 0 Å². The number of benzene rings is 6. The van der Waals surface area contributed by atoms with Crippen molar-refractivity contribution in [1.29, 1.82) is 0 Å². The maximum Gasteiger partial charge on any atom is 0.226 e. The Bertz CT molecular complexity index is 2270. The molecule has 0 fully saturated rings. The third-order valence-corrected chi connectivity index (χ3v) is 7.84. The number of nitrogens with zero attached hydrogens (tertiary/aromatic N) is 3. The maximum absolute atomic E-state index is 6.48. The first-order chi connectivity index (χ1) is 20.7. The van der Waals surface area contributed by atoms with Crippen LogP contribution in [0.2, 0.25) is 5.28 Å². The van der Waals surface area contributed by atoms with Gasteiger partial charge < -0.3 is 4.42 Å². The van der Waals surface area contributed by atoms with E-state index in [1.165, 1.54) is 21.9 Å². The van der Waals surface area contributed by atoms with Crippen LogP contribution in [0.3, 0.4) is 0 Å². The van der Waals surface area contributed by atoms with Crippen LogP contribution in [-0.2, 0) is 0 Å². The highest BCUT2D eigenvalue weighted by atomic mass is 35.5. The van der Waals surface area contributed by atoms with Crippen molar-refractivity contribution < 1.29 is 4.42 Å². The highest BCUT2D eigenvalue weighted by molar-refractivity contribution is 6.28. The standard InChI is InChI=1S/C37H22ClN3O/c38-37-40-35(39-36(41-37)31-17-8-16-30-29-14-4-5-18-33(29)42-34(30)31)27-13-6-12-25(21-27)26-20-19-24-11-7-15-28(32(24)22-26)23-9-2-1-3-10-23/h1-22H. The smallest absolute Gasteiger partial charge is 0.226 e. The van der Waals surface area contributed by atoms with E-state index in [2.05, 4.69) is 88.8 Å². The number of rotatable bonds is 4. The molecule has 5 heteroatoms. The Hall–Kier alpha value is -5.32. The number of para-hydroxylation sites is 2. The minimum Gasteiger partial charge on any atom is -0.455 e. The van der Waals surface area contributed by atoms with Crippen molar-refractivity contribution in [2.75, 3.05) is 0 Å². The third-order valence-electron chi connectivity index (χ3n) is 7.67. The van der Waals surface area contributed by atoms with Crippen LogP contribution in [0.4, 0.5) is 0 Å². The summed E-state index contributed by atoms with van der Waals surface area (Å²) < 4.78 is 6.23. The van der Waals surface area contributed by atoms with Crippen molar-refractivity contribution >= 4 is 44.3 Å². The topological polar surface area (TPSA) is 51.8 Å². The van der Waals surface area contributed by atoms with Gasteiger partial charge in [-0.3, -0.25) is 0 Å². The van der Waals surface area contributed by atoms with Crippen LogP contribution in [0.1, 0.15) is 0 Å². The first kappa shape index (κ1) is 24.5. The van der Waals surface area contributed by atoms with Crippen LogP contribution >= 0.6 is 11.6 Å². The molecule has 0 amide bonds. The van der Waals surface area contributed by atoms with Crippen molar-refractivity contribution in [2.45, 2.75) is 0 Å². The highest BCUT2D eigenvalue weighted by Gasteiger charge is 2.16. The van der Waals surface area contributed by atoms with Gasteiger partial charge in [0.25, 0.3) is 0 Å². The van der Waals surface area contributed by atoms with E-state index in [0.717, 1.165) is 44.2 Å². The molecular weight excluding hydrogens is 538 g/mol. The first-order valence-corrected chi connectivity index (χ1v) is 14.1. The Morgan fingerprint density at radius 2 is 1.14 bits per heavy atom. The summed E-state index contributed by atoms with van der Waals surface area (Å²) in [5, 5.41) is 4.59. The number of fused-ring (bicyclic) bond motifs is 4. The average Bonchev–Trinajstić information content (AvgIpc) is 3.43. The zero-order chi connectivity index (χ0) is 28.0. The van der Waals surface area contributed by atoms with Crippen molar-refractivity contribution in [3.63, 3.8) is 0 Å². The Balaban J connectivity index is 1.23. The molecule has 0 saturated heterocycles. The molecule has 0 N–H and O–H groups in total. The number of hydrogen-bond donors (Lipinski definition) is 0. The molecule has 0 aliphatic rings. The quantitative estimate of drug-likeness (QED) is 0.215. The van der Waals surface area contributed by atoms with Crippen LogP contribution in [-0.4, -0.2) is 15.0 Å². The molecule has 0 spiro atoms. The molecule has 0 aliphatic heterocycles. The van der Waals surface area contributed by atoms with Crippen LogP contribution in [0.15, 0.2) is 138 Å². The first-order valence-electron chi connectivity index (χ1n) is 13.7. The summed E-state index contributed by atoms with van der Waals surface area (Å²) in [4.78, 5) is 13.9. The van der Waals surface area contributed by atoms with E-state index in [4.69, 9.17) is 21.0 Å². The summed E-state index contributed by atoms with van der Waals surface area (Å²) >= 11 is 6.48. The largest absolute Gasteiger partial charge is 0.455 e. The fourth-order valence-corrected chi connectivity index (χ4v) is 5.84. The summed E-state index contributed by atoms with van der Waals surface area (Å²) in [6.45, 7) is 0. The normalized spacial score (nSPS) is 11.5. The molecule has 4 nitrogen and oxygen atoms in total. The summed E-state index contributed by atoms with van der Waals surface area (Å²) in [6.07, 6.45) is 0. The summed E-state index contributed by atoms with van der Waals surface area (Å²) in [6, 6.07) is 45.7. The predicted octanol–water partition coefficient (Wildman–Crippen LogP) is 10.2. The molecule has 0 radical (unpaired) electrons. The third kappa shape index (κ3) is 4.21. The van der Waals surface area contributed by atoms with Gasteiger partial charge in [-0.05, 0) is 68.9 Å². The lowest BCUT2D eigenvalue weighted by Gasteiger charge is -2.11. The fourth-order valence-electron chi connectivity index (χ4n) is 5.68. The van der Waals surface area contributed by atoms with Crippen LogP contribution < -0.4 is 0 Å². The van der Waals surface area contributed by atoms with Crippen LogP contribution in [0.5, 0.6) is 0 Å². The van der Waals surface area contributed by atoms with Gasteiger partial charge in [0.15, 0.2) is 11.6 Å². The maximum atomic E-state index is 6.48. The van der Waals surface area contributed by atoms with Crippen molar-refractivity contribution in [3.05, 3.63) is 139 Å². The van der Waals surface area contributed by atoms with E-state index < -0.39 is 0 Å². The van der Waals surface area contributed by atoms with E-state index >= 15 is 0 Å². The number of aromatic nitrogens is 3. The number of halogens is 1. The van der Waals surface area contributed by atoms with E-state index in [1.54, 1.807) is 0 Å². The van der Waals surface area contributed by atoms with Gasteiger partial charge >= 0.3 is 0 Å². The molecule has 0 unspecified atom stereocenters. The van der Waals surface area contributed by atoms with Crippen LogP contribution in [0, 0.1) is 0 Å². The van der Waals surface area contributed by atoms with E-state index in [-0.39, 0.29) is 5.28 Å². The molecule has 198 valence electrons. The molecule has 8 rings (SSSR count). The lowest BCUT2D eigenvalue weighted by Crippen LogP contribution is -1.97. The number of hydrogen-bond acceptors (Lipinski definition) is 4. The molecule has 0 atom stereocenters. The summed E-state index contributed by atoms with van der Waals surface area (Å²) in [7, 11) is 0. The molecule has 0 aliphatic carbocycles. The van der Waals surface area contributed by atoms with Crippen LogP contribution in [0.25, 0.3) is 77.7 Å². The Morgan fingerprint density at radius 3 is 2.07 bits per heavy atom. The van der Waals surface area contributed by atoms with Gasteiger partial charge in [0.1, 0.15) is 11.2 Å². The van der Waals surface area contributed by atoms with E-state index in [1.807, 2.05) is 54.6 Å². The second-order valence-electron chi connectivity index (χ2n) is 10.2. The SMILES string of the molecule is Clc1nc(-c2cccc(-c3ccc4cccc(-c5ccccc5)c4c3)c2)nc(-c2cccc3c2oc2ccccc23)n1. The Kier molecular flexibility index (Phi) is 5.80. The minimum atomic E-state index is 0.131. The summed E-state index contributed by atoms with van der Waals surface area (Å²) in [5.74, 6) is 0.976. The zero-order valence-corrected chi connectivity index (χ0v) is 23.1. The lowest BCUT2D eigenvalue weighted by molar-refractivity contribution is 0.669. The Labute approximate surface area is 246 Å². The van der Waals surface area contributed by atoms with Gasteiger partial charge in [0.05, 0.1) is 5.56 Å². The minimum absolute atomic E-state index is 0.131. The molecular formula is C37H22ClN3O. The van der Waals surface area contributed by atoms with Crippen molar-refractivity contribution in [2.24, 2.45) is 0 Å². The molecule has 42 heavy (non-hydrogen) atoms. The van der Waals surface area contributed by atoms with Gasteiger partial charge in [0.2, 0.25) is 5.28 Å². The van der Waals surface area contributed by atoms with E-state index in [0.29, 0.717) is 11.6 Å². The van der Waals surface area contributed by atoms with Crippen molar-refractivity contribution in [1.82, 2.24) is 15.0 Å². The van der Waals surface area contributed by atoms with Gasteiger partial charge in [-0.15, -0.1) is 0 Å². The zero-order valence-electron chi connectivity index (χ0n) is 22.3. The van der Waals surface area contributed by atoms with Gasteiger partial charge in [-0.1, -0.05) is 109 Å². The molecule has 0 bridgehead atoms. The molecule has 2 aromatic heterocycles. The fraction of sp³-hybridized carbons (Fsp3) is 0. The highest BCUT2D eigenvalue weighted by Crippen LogP contribution is 2.36. The second-order valence-corrected chi connectivity index (χ2v) is 10.6. The predicted molar refractivity (Wildman–Crippen MR) is 171 cm³/mol. The second kappa shape index (κ2) is 9.95. The van der Waals surface area contributed by atoms with Crippen molar-refractivity contribution in [3.8, 4) is 45.0 Å². The van der Waals surface area contributed by atoms with Gasteiger partial charge in [0, 0.05) is 16.3 Å².